The molecule has 0 amide bonds. The number of carboxylic acids is 2. The lowest BCUT2D eigenvalue weighted by atomic mass is 9.86. The van der Waals surface area contributed by atoms with Crippen LogP contribution in [0.25, 0.3) is 0 Å². The molecule has 0 aromatic heterocycles. The number of carboxylic acid groups (broad SMARTS) is 2. The van der Waals surface area contributed by atoms with E-state index in [0.717, 1.165) is 0 Å². The van der Waals surface area contributed by atoms with Crippen LogP contribution in [-0.2, 0) is 9.59 Å². The van der Waals surface area contributed by atoms with Gasteiger partial charge in [-0.25, -0.2) is 0 Å². The maximum Gasteiger partial charge on any atom is 0.304 e. The SMILES string of the molecule is O=C(O)C[C@@H]1CN[C@H]1CC(=O)O. The highest BCUT2D eigenvalue weighted by molar-refractivity contribution is 5.69. The van der Waals surface area contributed by atoms with Crippen molar-refractivity contribution in [2.45, 2.75) is 18.9 Å². The Morgan fingerprint density at radius 3 is 2.17 bits per heavy atom. The van der Waals surface area contributed by atoms with E-state index in [1.807, 2.05) is 0 Å². The third-order valence-corrected chi connectivity index (χ3v) is 2.04. The van der Waals surface area contributed by atoms with Crippen LogP contribution in [0, 0.1) is 5.92 Å². The molecule has 2 atom stereocenters. The Labute approximate surface area is 69.4 Å². The molecular weight excluding hydrogens is 162 g/mol. The van der Waals surface area contributed by atoms with E-state index in [0.29, 0.717) is 6.54 Å². The molecule has 0 saturated carbocycles. The molecule has 12 heavy (non-hydrogen) atoms. The van der Waals surface area contributed by atoms with Gasteiger partial charge < -0.3 is 15.5 Å². The van der Waals surface area contributed by atoms with Crippen molar-refractivity contribution in [3.63, 3.8) is 0 Å². The summed E-state index contributed by atoms with van der Waals surface area (Å²) in [5.74, 6) is -1.77. The summed E-state index contributed by atoms with van der Waals surface area (Å²) in [6.07, 6.45) is 0.0723. The highest BCUT2D eigenvalue weighted by Crippen LogP contribution is 2.19. The first kappa shape index (κ1) is 8.99. The van der Waals surface area contributed by atoms with Gasteiger partial charge in [-0.3, -0.25) is 9.59 Å². The van der Waals surface area contributed by atoms with Gasteiger partial charge in [0.25, 0.3) is 0 Å². The lowest BCUT2D eigenvalue weighted by Crippen LogP contribution is -2.54. The first-order valence-electron chi connectivity index (χ1n) is 3.76. The molecule has 0 radical (unpaired) electrons. The number of rotatable bonds is 4. The van der Waals surface area contributed by atoms with Crippen LogP contribution in [0.15, 0.2) is 0 Å². The van der Waals surface area contributed by atoms with E-state index in [1.54, 1.807) is 0 Å². The highest BCUT2D eigenvalue weighted by atomic mass is 16.4. The summed E-state index contributed by atoms with van der Waals surface area (Å²) in [5, 5.41) is 19.7. The molecule has 0 unspecified atom stereocenters. The van der Waals surface area contributed by atoms with Crippen molar-refractivity contribution in [3.05, 3.63) is 0 Å². The molecule has 1 heterocycles. The number of aliphatic carboxylic acids is 2. The molecule has 0 spiro atoms. The fourth-order valence-electron chi connectivity index (χ4n) is 1.32. The molecule has 1 aliphatic heterocycles. The van der Waals surface area contributed by atoms with Crippen LogP contribution in [-0.4, -0.2) is 34.7 Å². The first-order valence-corrected chi connectivity index (χ1v) is 3.76. The molecule has 1 aliphatic rings. The molecular formula is C7H11NO4. The Balaban J connectivity index is 2.29. The van der Waals surface area contributed by atoms with E-state index in [4.69, 9.17) is 10.2 Å². The standard InChI is InChI=1S/C7H11NO4/c9-6(10)1-4-3-8-5(4)2-7(11)12/h4-5,8H,1-3H2,(H,9,10)(H,11,12)/t4-,5+/m1/s1. The third kappa shape index (κ3) is 2.20. The van der Waals surface area contributed by atoms with Crippen molar-refractivity contribution in [1.82, 2.24) is 5.32 Å². The molecule has 1 rings (SSSR count). The molecule has 5 heteroatoms. The Morgan fingerprint density at radius 1 is 1.25 bits per heavy atom. The van der Waals surface area contributed by atoms with E-state index in [2.05, 4.69) is 5.32 Å². The van der Waals surface area contributed by atoms with E-state index in [1.165, 1.54) is 0 Å². The smallest absolute Gasteiger partial charge is 0.304 e. The largest absolute Gasteiger partial charge is 0.481 e. The second kappa shape index (κ2) is 3.53. The van der Waals surface area contributed by atoms with Crippen LogP contribution in [0.5, 0.6) is 0 Å². The second-order valence-electron chi connectivity index (χ2n) is 2.97. The topological polar surface area (TPSA) is 86.6 Å². The molecule has 5 nitrogen and oxygen atoms in total. The van der Waals surface area contributed by atoms with Crippen molar-refractivity contribution in [3.8, 4) is 0 Å². The van der Waals surface area contributed by atoms with Crippen molar-refractivity contribution in [1.29, 1.82) is 0 Å². The number of carbonyl (C=O) groups is 2. The van der Waals surface area contributed by atoms with Crippen molar-refractivity contribution >= 4 is 11.9 Å². The second-order valence-corrected chi connectivity index (χ2v) is 2.97. The minimum absolute atomic E-state index is 0.0119. The maximum absolute atomic E-state index is 10.3. The molecule has 0 bridgehead atoms. The average molecular weight is 173 g/mol. The highest BCUT2D eigenvalue weighted by Gasteiger charge is 2.33. The van der Waals surface area contributed by atoms with Crippen LogP contribution >= 0.6 is 0 Å². The average Bonchev–Trinajstić information content (AvgIpc) is 1.93. The summed E-state index contributed by atoms with van der Waals surface area (Å²) >= 11 is 0. The van der Waals surface area contributed by atoms with Gasteiger partial charge in [-0.2, -0.15) is 0 Å². The fourth-order valence-corrected chi connectivity index (χ4v) is 1.32. The molecule has 0 aromatic rings. The minimum Gasteiger partial charge on any atom is -0.481 e. The van der Waals surface area contributed by atoms with Crippen LogP contribution in [0.2, 0.25) is 0 Å². The predicted molar refractivity (Wildman–Crippen MR) is 39.8 cm³/mol. The van der Waals surface area contributed by atoms with Gasteiger partial charge in [0.1, 0.15) is 0 Å². The van der Waals surface area contributed by atoms with Gasteiger partial charge in [0, 0.05) is 12.6 Å². The molecule has 3 N–H and O–H groups in total. The monoisotopic (exact) mass is 173 g/mol. The van der Waals surface area contributed by atoms with Crippen LogP contribution < -0.4 is 5.32 Å². The van der Waals surface area contributed by atoms with Gasteiger partial charge >= 0.3 is 11.9 Å². The summed E-state index contributed by atoms with van der Waals surface area (Å²) in [7, 11) is 0. The molecule has 0 aliphatic carbocycles. The molecule has 68 valence electrons. The van der Waals surface area contributed by atoms with Crippen molar-refractivity contribution in [2.75, 3.05) is 6.54 Å². The van der Waals surface area contributed by atoms with Gasteiger partial charge in [0.15, 0.2) is 0 Å². The lowest BCUT2D eigenvalue weighted by molar-refractivity contribution is -0.142. The van der Waals surface area contributed by atoms with Gasteiger partial charge in [-0.1, -0.05) is 0 Å². The summed E-state index contributed by atoms with van der Waals surface area (Å²) in [6, 6.07) is -0.154. The quantitative estimate of drug-likeness (QED) is 0.534. The molecule has 1 saturated heterocycles. The zero-order chi connectivity index (χ0) is 9.14. The Morgan fingerprint density at radius 2 is 1.83 bits per heavy atom. The number of hydrogen-bond acceptors (Lipinski definition) is 3. The van der Waals surface area contributed by atoms with Crippen LogP contribution in [0.1, 0.15) is 12.8 Å². The third-order valence-electron chi connectivity index (χ3n) is 2.04. The van der Waals surface area contributed by atoms with E-state index in [-0.39, 0.29) is 24.8 Å². The fraction of sp³-hybridized carbons (Fsp3) is 0.714. The minimum atomic E-state index is -0.886. The number of nitrogens with one attached hydrogen (secondary N) is 1. The van der Waals surface area contributed by atoms with Crippen molar-refractivity contribution < 1.29 is 19.8 Å². The van der Waals surface area contributed by atoms with Crippen molar-refractivity contribution in [2.24, 2.45) is 5.92 Å². The Hall–Kier alpha value is -1.10. The zero-order valence-corrected chi connectivity index (χ0v) is 6.49. The van der Waals surface area contributed by atoms with E-state index < -0.39 is 11.9 Å². The normalized spacial score (nSPS) is 27.7. The van der Waals surface area contributed by atoms with E-state index >= 15 is 0 Å². The summed E-state index contributed by atoms with van der Waals surface area (Å²) in [4.78, 5) is 20.5. The van der Waals surface area contributed by atoms with E-state index in [9.17, 15) is 9.59 Å². The zero-order valence-electron chi connectivity index (χ0n) is 6.49. The predicted octanol–water partition coefficient (Wildman–Crippen LogP) is -0.476. The lowest BCUT2D eigenvalue weighted by Gasteiger charge is -2.36. The molecule has 1 fully saturated rings. The Kier molecular flexibility index (Phi) is 2.65. The first-order chi connectivity index (χ1) is 5.59. The summed E-state index contributed by atoms with van der Waals surface area (Å²) < 4.78 is 0. The van der Waals surface area contributed by atoms with Gasteiger partial charge in [-0.15, -0.1) is 0 Å². The summed E-state index contributed by atoms with van der Waals surface area (Å²) in [6.45, 7) is 0.615. The maximum atomic E-state index is 10.3. The van der Waals surface area contributed by atoms with Crippen LogP contribution in [0.3, 0.4) is 0 Å². The molecule has 0 aromatic carbocycles. The summed E-state index contributed by atoms with van der Waals surface area (Å²) in [5.41, 5.74) is 0. The van der Waals surface area contributed by atoms with Crippen LogP contribution in [0.4, 0.5) is 0 Å². The van der Waals surface area contributed by atoms with Gasteiger partial charge in [0.2, 0.25) is 0 Å². The number of hydrogen-bond donors (Lipinski definition) is 3. The van der Waals surface area contributed by atoms with Gasteiger partial charge in [0.05, 0.1) is 12.8 Å². The van der Waals surface area contributed by atoms with Gasteiger partial charge in [-0.05, 0) is 5.92 Å². The Bertz CT molecular complexity index is 182.